The van der Waals surface area contributed by atoms with Crippen LogP contribution in [-0.4, -0.2) is 48.6 Å². The van der Waals surface area contributed by atoms with Crippen LogP contribution >= 0.6 is 0 Å². The molecule has 6 heteroatoms. The highest BCUT2D eigenvalue weighted by molar-refractivity contribution is 5.95. The molecule has 0 spiro atoms. The average Bonchev–Trinajstić information content (AvgIpc) is 3.29. The van der Waals surface area contributed by atoms with Crippen molar-refractivity contribution in [3.05, 3.63) is 69.8 Å². The molecule has 6 nitrogen and oxygen atoms in total. The van der Waals surface area contributed by atoms with Crippen LogP contribution in [0.25, 0.3) is 0 Å². The van der Waals surface area contributed by atoms with Gasteiger partial charge < -0.3 is 19.7 Å². The summed E-state index contributed by atoms with van der Waals surface area (Å²) in [5, 5.41) is 20.9. The van der Waals surface area contributed by atoms with Crippen LogP contribution in [0, 0.1) is 23.7 Å². The number of carbonyl (C=O) groups is 2. The van der Waals surface area contributed by atoms with Crippen LogP contribution in [-0.2, 0) is 14.9 Å². The smallest absolute Gasteiger partial charge is 0.337 e. The Labute approximate surface area is 398 Å². The maximum atomic E-state index is 12.8. The van der Waals surface area contributed by atoms with Crippen molar-refractivity contribution in [3.8, 4) is 23.7 Å². The fraction of sp³-hybridized carbons (Fsp3) is 0.695. The van der Waals surface area contributed by atoms with Crippen molar-refractivity contribution in [2.24, 2.45) is 0 Å². The molecule has 0 saturated heterocycles. The molecule has 0 saturated carbocycles. The van der Waals surface area contributed by atoms with Crippen molar-refractivity contribution < 1.29 is 29.3 Å². The summed E-state index contributed by atoms with van der Waals surface area (Å²) in [7, 11) is 0. The molecule has 0 unspecified atom stereocenters. The van der Waals surface area contributed by atoms with E-state index in [4.69, 9.17) is 9.47 Å². The number of hydrogen-bond acceptors (Lipinski definition) is 4. The summed E-state index contributed by atoms with van der Waals surface area (Å²) in [6, 6.07) is 10.5. The van der Waals surface area contributed by atoms with Crippen LogP contribution in [0.3, 0.4) is 0 Å². The largest absolute Gasteiger partial charge is 0.478 e. The Morgan fingerprint density at radius 1 is 0.431 bits per heavy atom. The number of carboxylic acid groups (broad SMARTS) is 2. The number of benzene rings is 2. The van der Waals surface area contributed by atoms with Gasteiger partial charge in [-0.3, -0.25) is 0 Å². The van der Waals surface area contributed by atoms with Gasteiger partial charge in [-0.2, -0.15) is 0 Å². The minimum atomic E-state index is -1.11. The van der Waals surface area contributed by atoms with Gasteiger partial charge in [0.2, 0.25) is 0 Å². The standard InChI is InChI=1S/C59H92O6/c1-5-7-9-11-13-15-17-19-21-23-25-27-29-31-33-35-47-64-49-39-43-51-41-37-45-53(55(51)57(60)61)59(3,4)54-46-38-42-52(56(54)58(62)63)44-40-50-65-48-36-34-32-30-28-26-24-22-20-18-16-14-12-10-8-6-2/h37-38,41-42,45-46H,5-36,47-50H2,1-4H3,(H,60,61)(H,62,63). The van der Waals surface area contributed by atoms with Gasteiger partial charge in [0.15, 0.2) is 0 Å². The number of ether oxygens (including phenoxy) is 2. The molecule has 0 aromatic heterocycles. The monoisotopic (exact) mass is 897 g/mol. The van der Waals surface area contributed by atoms with Crippen LogP contribution in [0.4, 0.5) is 0 Å². The molecule has 364 valence electrons. The highest BCUT2D eigenvalue weighted by atomic mass is 16.5. The maximum absolute atomic E-state index is 12.8. The second-order valence-corrected chi connectivity index (χ2v) is 19.0. The number of hydrogen-bond donors (Lipinski definition) is 2. The molecule has 0 atom stereocenters. The molecule has 2 aromatic carbocycles. The van der Waals surface area contributed by atoms with Gasteiger partial charge >= 0.3 is 11.9 Å². The molecule has 0 bridgehead atoms. The van der Waals surface area contributed by atoms with Crippen molar-refractivity contribution in [2.45, 2.75) is 239 Å². The van der Waals surface area contributed by atoms with Crippen LogP contribution in [0.2, 0.25) is 0 Å². The molecule has 0 fully saturated rings. The highest BCUT2D eigenvalue weighted by Crippen LogP contribution is 2.38. The zero-order chi connectivity index (χ0) is 47.1. The lowest BCUT2D eigenvalue weighted by molar-refractivity contribution is 0.0686. The summed E-state index contributed by atoms with van der Waals surface area (Å²) < 4.78 is 11.6. The molecular formula is C59H92O6. The first-order valence-electron chi connectivity index (χ1n) is 26.6. The maximum Gasteiger partial charge on any atom is 0.337 e. The Balaban J connectivity index is 1.75. The zero-order valence-electron chi connectivity index (χ0n) is 41.9. The summed E-state index contributed by atoms with van der Waals surface area (Å²) in [5.74, 6) is 9.88. The molecule has 0 radical (unpaired) electrons. The van der Waals surface area contributed by atoms with Crippen LogP contribution < -0.4 is 0 Å². The van der Waals surface area contributed by atoms with E-state index in [0.29, 0.717) is 35.5 Å². The Morgan fingerprint density at radius 2 is 0.692 bits per heavy atom. The van der Waals surface area contributed by atoms with Gasteiger partial charge in [0.25, 0.3) is 0 Å². The predicted molar refractivity (Wildman–Crippen MR) is 273 cm³/mol. The second kappa shape index (κ2) is 38.5. The van der Waals surface area contributed by atoms with Crippen molar-refractivity contribution >= 4 is 11.9 Å². The number of carboxylic acids is 2. The summed E-state index contributed by atoms with van der Waals surface area (Å²) in [4.78, 5) is 25.5. The number of unbranched alkanes of at least 4 members (excludes halogenated alkanes) is 30. The third-order valence-electron chi connectivity index (χ3n) is 13.0. The lowest BCUT2D eigenvalue weighted by atomic mass is 9.72. The van der Waals surface area contributed by atoms with E-state index >= 15 is 0 Å². The van der Waals surface area contributed by atoms with Crippen LogP contribution in [0.1, 0.15) is 276 Å². The fourth-order valence-electron chi connectivity index (χ4n) is 8.97. The number of rotatable bonds is 40. The summed E-state index contributed by atoms with van der Waals surface area (Å²) in [5.41, 5.74) is 0.883. The minimum Gasteiger partial charge on any atom is -0.478 e. The molecule has 65 heavy (non-hydrogen) atoms. The first-order chi connectivity index (χ1) is 31.8. The first-order valence-corrected chi connectivity index (χ1v) is 26.6. The van der Waals surface area contributed by atoms with E-state index < -0.39 is 17.4 Å². The van der Waals surface area contributed by atoms with Crippen molar-refractivity contribution in [1.82, 2.24) is 0 Å². The SMILES string of the molecule is CCCCCCCCCCCCCCCCCCOCC#Cc1cccc(C(C)(C)c2cccc(C#CCOCCCCCCCCCCCCCCCCCC)c2C(=O)O)c1C(=O)O. The predicted octanol–water partition coefficient (Wildman–Crippen LogP) is 16.7. The van der Waals surface area contributed by atoms with Gasteiger partial charge in [-0.05, 0) is 36.1 Å². The van der Waals surface area contributed by atoms with Gasteiger partial charge in [0, 0.05) is 29.8 Å². The normalized spacial score (nSPS) is 11.3. The Morgan fingerprint density at radius 3 is 0.954 bits per heavy atom. The molecule has 0 aliphatic carbocycles. The lowest BCUT2D eigenvalue weighted by Crippen LogP contribution is -2.26. The molecule has 0 aliphatic heterocycles. The van der Waals surface area contributed by atoms with Crippen molar-refractivity contribution in [1.29, 1.82) is 0 Å². The minimum absolute atomic E-state index is 0.0677. The third-order valence-corrected chi connectivity index (χ3v) is 13.0. The third kappa shape index (κ3) is 26.4. The first kappa shape index (κ1) is 57.5. The Bertz CT molecular complexity index is 1550. The second-order valence-electron chi connectivity index (χ2n) is 19.0. The average molecular weight is 897 g/mol. The van der Waals surface area contributed by atoms with Crippen molar-refractivity contribution in [2.75, 3.05) is 26.4 Å². The summed E-state index contributed by atoms with van der Waals surface area (Å²) in [6.07, 6.45) is 42.4. The Hall–Kier alpha value is -3.58. The van der Waals surface area contributed by atoms with E-state index in [1.807, 2.05) is 13.8 Å². The van der Waals surface area contributed by atoms with Gasteiger partial charge in [-0.15, -0.1) is 0 Å². The molecule has 2 N–H and O–H groups in total. The molecule has 2 aromatic rings. The van der Waals surface area contributed by atoms with E-state index in [0.717, 1.165) is 25.7 Å². The van der Waals surface area contributed by atoms with Gasteiger partial charge in [0.05, 0.1) is 11.1 Å². The van der Waals surface area contributed by atoms with Crippen molar-refractivity contribution in [3.63, 3.8) is 0 Å². The topological polar surface area (TPSA) is 93.1 Å². The van der Waals surface area contributed by atoms with Gasteiger partial charge in [-0.1, -0.05) is 268 Å². The molecule has 0 aliphatic rings. The van der Waals surface area contributed by atoms with Crippen LogP contribution in [0.15, 0.2) is 36.4 Å². The summed E-state index contributed by atoms with van der Waals surface area (Å²) in [6.45, 7) is 9.97. The van der Waals surface area contributed by atoms with E-state index in [1.54, 1.807) is 36.4 Å². The lowest BCUT2D eigenvalue weighted by Gasteiger charge is -2.30. The van der Waals surface area contributed by atoms with Gasteiger partial charge in [0.1, 0.15) is 13.2 Å². The molecule has 2 rings (SSSR count). The Kier molecular flexibility index (Phi) is 34.1. The molecule has 0 amide bonds. The van der Waals surface area contributed by atoms with E-state index in [-0.39, 0.29) is 24.3 Å². The zero-order valence-corrected chi connectivity index (χ0v) is 41.9. The summed E-state index contributed by atoms with van der Waals surface area (Å²) >= 11 is 0. The molecule has 0 heterocycles. The van der Waals surface area contributed by atoms with Crippen LogP contribution in [0.5, 0.6) is 0 Å². The van der Waals surface area contributed by atoms with Gasteiger partial charge in [-0.25, -0.2) is 9.59 Å². The van der Waals surface area contributed by atoms with E-state index in [2.05, 4.69) is 37.5 Å². The number of aromatic carboxylic acids is 2. The fourth-order valence-corrected chi connectivity index (χ4v) is 8.97. The quantitative estimate of drug-likeness (QED) is 0.0511. The van der Waals surface area contributed by atoms with E-state index in [1.165, 1.54) is 180 Å². The molecular weight excluding hydrogens is 805 g/mol. The van der Waals surface area contributed by atoms with E-state index in [9.17, 15) is 19.8 Å². The highest BCUT2D eigenvalue weighted by Gasteiger charge is 2.33.